The van der Waals surface area contributed by atoms with Gasteiger partial charge in [0, 0.05) is 20.1 Å². The highest BCUT2D eigenvalue weighted by molar-refractivity contribution is 6.34. The van der Waals surface area contributed by atoms with E-state index in [-0.39, 0.29) is 16.6 Å². The molecule has 1 aromatic carbocycles. The van der Waals surface area contributed by atoms with Gasteiger partial charge in [-0.1, -0.05) is 11.6 Å². The summed E-state index contributed by atoms with van der Waals surface area (Å²) in [6.07, 6.45) is 0. The quantitative estimate of drug-likeness (QED) is 0.769. The maximum Gasteiger partial charge on any atom is 0.335 e. The highest BCUT2D eigenvalue weighted by Gasteiger charge is 2.12. The molecule has 2 amide bonds. The van der Waals surface area contributed by atoms with Crippen LogP contribution in [-0.4, -0.2) is 49.2 Å². The van der Waals surface area contributed by atoms with E-state index in [0.29, 0.717) is 18.8 Å². The summed E-state index contributed by atoms with van der Waals surface area (Å²) in [5.41, 5.74) is 0.458. The lowest BCUT2D eigenvalue weighted by atomic mass is 10.2. The molecule has 0 heterocycles. The summed E-state index contributed by atoms with van der Waals surface area (Å²) < 4.78 is 0. The molecule has 104 valence electrons. The summed E-state index contributed by atoms with van der Waals surface area (Å²) in [4.78, 5) is 24.1. The van der Waals surface area contributed by atoms with Crippen molar-refractivity contribution < 1.29 is 14.7 Å². The molecule has 19 heavy (non-hydrogen) atoms. The molecular weight excluding hydrogens is 270 g/mol. The summed E-state index contributed by atoms with van der Waals surface area (Å²) in [7, 11) is 3.46. The number of nitrogens with one attached hydrogen (secondary N) is 2. The highest BCUT2D eigenvalue weighted by Crippen LogP contribution is 2.23. The number of benzene rings is 1. The molecule has 0 aliphatic carbocycles. The van der Waals surface area contributed by atoms with E-state index in [2.05, 4.69) is 10.6 Å². The minimum absolute atomic E-state index is 0.0755. The number of hydrogen-bond acceptors (Lipinski definition) is 3. The Labute approximate surface area is 116 Å². The molecule has 0 atom stereocenters. The Hall–Kier alpha value is -1.79. The van der Waals surface area contributed by atoms with Crippen LogP contribution >= 0.6 is 11.6 Å². The van der Waals surface area contributed by atoms with Crippen LogP contribution in [0.1, 0.15) is 10.4 Å². The van der Waals surface area contributed by atoms with E-state index >= 15 is 0 Å². The van der Waals surface area contributed by atoms with Crippen molar-refractivity contribution in [2.75, 3.05) is 32.5 Å². The summed E-state index contributed by atoms with van der Waals surface area (Å²) in [6.45, 7) is 1.22. The minimum atomic E-state index is -1.06. The van der Waals surface area contributed by atoms with Gasteiger partial charge in [-0.3, -0.25) is 0 Å². The average Bonchev–Trinajstić information content (AvgIpc) is 2.37. The zero-order chi connectivity index (χ0) is 14.4. The number of aromatic carboxylic acids is 1. The van der Waals surface area contributed by atoms with Crippen LogP contribution < -0.4 is 10.6 Å². The lowest BCUT2D eigenvalue weighted by molar-refractivity contribution is 0.0697. The van der Waals surface area contributed by atoms with E-state index in [9.17, 15) is 9.59 Å². The fourth-order valence-electron chi connectivity index (χ4n) is 1.34. The van der Waals surface area contributed by atoms with Gasteiger partial charge in [0.05, 0.1) is 16.3 Å². The maximum absolute atomic E-state index is 11.8. The Morgan fingerprint density at radius 3 is 2.63 bits per heavy atom. The largest absolute Gasteiger partial charge is 0.478 e. The van der Waals surface area contributed by atoms with Crippen molar-refractivity contribution in [3.8, 4) is 0 Å². The van der Waals surface area contributed by atoms with Crippen LogP contribution in [0, 0.1) is 0 Å². The molecule has 0 aromatic heterocycles. The van der Waals surface area contributed by atoms with Gasteiger partial charge in [-0.2, -0.15) is 0 Å². The highest BCUT2D eigenvalue weighted by atomic mass is 35.5. The number of hydrogen-bond donors (Lipinski definition) is 3. The molecule has 7 heteroatoms. The first-order valence-electron chi connectivity index (χ1n) is 5.65. The SMILES string of the molecule is CNCCN(C)C(=O)Nc1ccc(C(=O)O)cc1Cl. The molecule has 0 unspecified atom stereocenters. The zero-order valence-corrected chi connectivity index (χ0v) is 11.5. The third-order valence-corrected chi connectivity index (χ3v) is 2.81. The van der Waals surface area contributed by atoms with Gasteiger partial charge in [0.15, 0.2) is 0 Å². The second-order valence-electron chi connectivity index (χ2n) is 3.96. The van der Waals surface area contributed by atoms with Gasteiger partial charge in [0.2, 0.25) is 0 Å². The normalized spacial score (nSPS) is 10.1. The summed E-state index contributed by atoms with van der Waals surface area (Å²) in [5.74, 6) is -1.06. The molecule has 3 N–H and O–H groups in total. The van der Waals surface area contributed by atoms with Crippen LogP contribution in [0.15, 0.2) is 18.2 Å². The van der Waals surface area contributed by atoms with Gasteiger partial charge in [-0.05, 0) is 25.2 Å². The maximum atomic E-state index is 11.8. The second kappa shape index (κ2) is 6.96. The Balaban J connectivity index is 2.72. The smallest absolute Gasteiger partial charge is 0.335 e. The molecule has 6 nitrogen and oxygen atoms in total. The number of likely N-dealkylation sites (N-methyl/N-ethyl adjacent to an activating group) is 2. The number of carbonyl (C=O) groups excluding carboxylic acids is 1. The van der Waals surface area contributed by atoms with Crippen molar-refractivity contribution in [1.82, 2.24) is 10.2 Å². The first-order chi connectivity index (χ1) is 8.95. The lowest BCUT2D eigenvalue weighted by Crippen LogP contribution is -2.36. The van der Waals surface area contributed by atoms with Crippen LogP contribution in [0.25, 0.3) is 0 Å². The number of urea groups is 1. The fourth-order valence-corrected chi connectivity index (χ4v) is 1.57. The zero-order valence-electron chi connectivity index (χ0n) is 10.7. The topological polar surface area (TPSA) is 81.7 Å². The Morgan fingerprint density at radius 2 is 2.11 bits per heavy atom. The van der Waals surface area contributed by atoms with Gasteiger partial charge in [0.25, 0.3) is 0 Å². The van der Waals surface area contributed by atoms with E-state index in [0.717, 1.165) is 0 Å². The molecule has 1 aromatic rings. The van der Waals surface area contributed by atoms with Gasteiger partial charge in [0.1, 0.15) is 0 Å². The van der Waals surface area contributed by atoms with Crippen molar-refractivity contribution in [2.24, 2.45) is 0 Å². The summed E-state index contributed by atoms with van der Waals surface area (Å²) >= 11 is 5.92. The van der Waals surface area contributed by atoms with Crippen LogP contribution in [0.3, 0.4) is 0 Å². The molecule has 0 aliphatic rings. The number of carboxylic acid groups (broad SMARTS) is 1. The van der Waals surface area contributed by atoms with Crippen LogP contribution in [0.2, 0.25) is 5.02 Å². The molecule has 0 saturated carbocycles. The molecule has 0 spiro atoms. The van der Waals surface area contributed by atoms with E-state index in [1.807, 2.05) is 0 Å². The summed E-state index contributed by atoms with van der Waals surface area (Å²) in [5, 5.41) is 14.6. The van der Waals surface area contributed by atoms with E-state index in [1.54, 1.807) is 14.1 Å². The summed E-state index contributed by atoms with van der Waals surface area (Å²) in [6, 6.07) is 3.85. The predicted octanol–water partition coefficient (Wildman–Crippen LogP) is 1.72. The molecule has 0 aliphatic heterocycles. The number of anilines is 1. The average molecular weight is 286 g/mol. The van der Waals surface area contributed by atoms with Gasteiger partial charge < -0.3 is 20.6 Å². The van der Waals surface area contributed by atoms with Crippen LogP contribution in [-0.2, 0) is 0 Å². The van der Waals surface area contributed by atoms with E-state index in [1.165, 1.54) is 23.1 Å². The third-order valence-electron chi connectivity index (χ3n) is 2.50. The van der Waals surface area contributed by atoms with Crippen molar-refractivity contribution in [3.63, 3.8) is 0 Å². The van der Waals surface area contributed by atoms with Crippen molar-refractivity contribution in [1.29, 1.82) is 0 Å². The Morgan fingerprint density at radius 1 is 1.42 bits per heavy atom. The van der Waals surface area contributed by atoms with Crippen LogP contribution in [0.4, 0.5) is 10.5 Å². The molecule has 0 radical (unpaired) electrons. The van der Waals surface area contributed by atoms with Crippen molar-refractivity contribution in [2.45, 2.75) is 0 Å². The van der Waals surface area contributed by atoms with Gasteiger partial charge >= 0.3 is 12.0 Å². The Kier molecular flexibility index (Phi) is 5.59. The third kappa shape index (κ3) is 4.42. The molecule has 0 fully saturated rings. The first-order valence-corrected chi connectivity index (χ1v) is 6.03. The molecular formula is C12H16ClN3O3. The van der Waals surface area contributed by atoms with Gasteiger partial charge in [-0.15, -0.1) is 0 Å². The van der Waals surface area contributed by atoms with Crippen molar-refractivity contribution in [3.05, 3.63) is 28.8 Å². The number of carboxylic acids is 1. The monoisotopic (exact) mass is 285 g/mol. The number of amides is 2. The molecule has 1 rings (SSSR count). The van der Waals surface area contributed by atoms with Crippen molar-refractivity contribution >= 4 is 29.3 Å². The standard InChI is InChI=1S/C12H16ClN3O3/c1-14-5-6-16(2)12(19)15-10-4-3-8(11(17)18)7-9(10)13/h3-4,7,14H,5-6H2,1-2H3,(H,15,19)(H,17,18). The van der Waals surface area contributed by atoms with Gasteiger partial charge in [-0.25, -0.2) is 9.59 Å². The number of carbonyl (C=O) groups is 2. The van der Waals surface area contributed by atoms with E-state index < -0.39 is 5.97 Å². The van der Waals surface area contributed by atoms with E-state index in [4.69, 9.17) is 16.7 Å². The van der Waals surface area contributed by atoms with Crippen LogP contribution in [0.5, 0.6) is 0 Å². The molecule has 0 bridgehead atoms. The fraction of sp³-hybridized carbons (Fsp3) is 0.333. The lowest BCUT2D eigenvalue weighted by Gasteiger charge is -2.18. The second-order valence-corrected chi connectivity index (χ2v) is 4.36. The molecule has 0 saturated heterocycles. The predicted molar refractivity (Wildman–Crippen MR) is 74.0 cm³/mol. The minimum Gasteiger partial charge on any atom is -0.478 e. The number of halogens is 1. The number of rotatable bonds is 5. The first kappa shape index (κ1) is 15.3. The number of nitrogens with zero attached hydrogens (tertiary/aromatic N) is 1. The Bertz CT molecular complexity index is 479.